The molecule has 0 saturated carbocycles. The van der Waals surface area contributed by atoms with E-state index in [0.29, 0.717) is 5.95 Å². The zero-order chi connectivity index (χ0) is 12.4. The summed E-state index contributed by atoms with van der Waals surface area (Å²) in [6, 6.07) is 7.23. The molecular weight excluding hydrogens is 216 g/mol. The van der Waals surface area contributed by atoms with Crippen LogP contribution in [0.1, 0.15) is 13.8 Å². The summed E-state index contributed by atoms with van der Waals surface area (Å²) in [4.78, 5) is 15.9. The van der Waals surface area contributed by atoms with Crippen molar-refractivity contribution in [3.8, 4) is 0 Å². The molecule has 3 N–H and O–H groups in total. The van der Waals surface area contributed by atoms with E-state index < -0.39 is 6.04 Å². The predicted octanol–water partition coefficient (Wildman–Crippen LogP) is 1.34. The summed E-state index contributed by atoms with van der Waals surface area (Å²) in [6.45, 7) is 4.40. The van der Waals surface area contributed by atoms with Crippen LogP contribution in [0.4, 0.5) is 5.95 Å². The van der Waals surface area contributed by atoms with Gasteiger partial charge in [-0.1, -0.05) is 12.1 Å². The fourth-order valence-corrected chi connectivity index (χ4v) is 1.72. The van der Waals surface area contributed by atoms with Gasteiger partial charge in [-0.2, -0.15) is 0 Å². The monoisotopic (exact) mass is 232 g/mol. The maximum absolute atomic E-state index is 11.6. The molecule has 1 heterocycles. The van der Waals surface area contributed by atoms with Crippen molar-refractivity contribution >= 4 is 22.9 Å². The van der Waals surface area contributed by atoms with E-state index >= 15 is 0 Å². The molecule has 2 rings (SSSR count). The number of amides is 1. The van der Waals surface area contributed by atoms with Gasteiger partial charge in [-0.15, -0.1) is 0 Å². The average molecular weight is 232 g/mol. The number of rotatable bonds is 3. The van der Waals surface area contributed by atoms with E-state index in [-0.39, 0.29) is 5.91 Å². The summed E-state index contributed by atoms with van der Waals surface area (Å²) in [5.41, 5.74) is 7.40. The number of aromatic nitrogens is 2. The highest BCUT2D eigenvalue weighted by molar-refractivity contribution is 5.94. The van der Waals surface area contributed by atoms with Crippen LogP contribution in [0.15, 0.2) is 24.3 Å². The Morgan fingerprint density at radius 1 is 1.53 bits per heavy atom. The number of nitrogens with zero attached hydrogens (tertiary/aromatic N) is 2. The van der Waals surface area contributed by atoms with E-state index in [1.54, 1.807) is 6.92 Å². The maximum Gasteiger partial charge on any atom is 0.243 e. The van der Waals surface area contributed by atoms with Crippen molar-refractivity contribution in [3.63, 3.8) is 0 Å². The largest absolute Gasteiger partial charge is 0.320 e. The van der Waals surface area contributed by atoms with Crippen molar-refractivity contribution in [3.05, 3.63) is 24.3 Å². The third-order valence-electron chi connectivity index (χ3n) is 2.62. The van der Waals surface area contributed by atoms with Gasteiger partial charge in [0.25, 0.3) is 0 Å². The first-order chi connectivity index (χ1) is 8.13. The molecule has 1 aromatic carbocycles. The Kier molecular flexibility index (Phi) is 3.10. The molecule has 5 nitrogen and oxygen atoms in total. The summed E-state index contributed by atoms with van der Waals surface area (Å²) in [5.74, 6) is 0.325. The Morgan fingerprint density at radius 3 is 2.88 bits per heavy atom. The van der Waals surface area contributed by atoms with Gasteiger partial charge in [0.2, 0.25) is 11.9 Å². The molecule has 0 aliphatic carbocycles. The second kappa shape index (κ2) is 4.55. The zero-order valence-corrected chi connectivity index (χ0v) is 9.97. The zero-order valence-electron chi connectivity index (χ0n) is 9.97. The second-order valence-corrected chi connectivity index (χ2v) is 3.95. The van der Waals surface area contributed by atoms with Crippen molar-refractivity contribution in [1.82, 2.24) is 9.55 Å². The quantitative estimate of drug-likeness (QED) is 0.838. The van der Waals surface area contributed by atoms with E-state index in [1.165, 1.54) is 0 Å². The van der Waals surface area contributed by atoms with Gasteiger partial charge in [0.1, 0.15) is 0 Å². The number of imidazole rings is 1. The van der Waals surface area contributed by atoms with Crippen LogP contribution in [0.5, 0.6) is 0 Å². The summed E-state index contributed by atoms with van der Waals surface area (Å²) in [6.07, 6.45) is 0. The molecule has 0 aliphatic heterocycles. The van der Waals surface area contributed by atoms with Crippen LogP contribution in [0.25, 0.3) is 11.0 Å². The first kappa shape index (κ1) is 11.6. The van der Waals surface area contributed by atoms with Crippen LogP contribution in [-0.2, 0) is 11.3 Å². The first-order valence-electron chi connectivity index (χ1n) is 5.65. The van der Waals surface area contributed by atoms with Gasteiger partial charge < -0.3 is 10.3 Å². The molecule has 1 aromatic heterocycles. The minimum absolute atomic E-state index is 0.227. The Balaban J connectivity index is 2.43. The first-order valence-corrected chi connectivity index (χ1v) is 5.65. The Bertz CT molecular complexity index is 544. The van der Waals surface area contributed by atoms with Gasteiger partial charge >= 0.3 is 0 Å². The molecule has 0 aliphatic rings. The van der Waals surface area contributed by atoms with Crippen LogP contribution in [-0.4, -0.2) is 21.5 Å². The number of hydrogen-bond donors (Lipinski definition) is 2. The lowest BCUT2D eigenvalue weighted by atomic mass is 10.3. The fourth-order valence-electron chi connectivity index (χ4n) is 1.72. The third kappa shape index (κ3) is 2.14. The third-order valence-corrected chi connectivity index (χ3v) is 2.62. The number of nitrogens with one attached hydrogen (secondary N) is 1. The molecule has 90 valence electrons. The Labute approximate surface area is 99.6 Å². The van der Waals surface area contributed by atoms with Crippen molar-refractivity contribution in [2.75, 3.05) is 5.32 Å². The minimum Gasteiger partial charge on any atom is -0.320 e. The summed E-state index contributed by atoms with van der Waals surface area (Å²) >= 11 is 0. The maximum atomic E-state index is 11.6. The summed E-state index contributed by atoms with van der Waals surface area (Å²) < 4.78 is 1.95. The molecule has 0 bridgehead atoms. The molecule has 0 saturated heterocycles. The molecule has 0 unspecified atom stereocenters. The van der Waals surface area contributed by atoms with Crippen molar-refractivity contribution < 1.29 is 4.79 Å². The van der Waals surface area contributed by atoms with Crippen molar-refractivity contribution in [2.24, 2.45) is 5.73 Å². The smallest absolute Gasteiger partial charge is 0.243 e. The number of fused-ring (bicyclic) bond motifs is 1. The molecule has 0 spiro atoms. The number of para-hydroxylation sites is 2. The number of benzene rings is 1. The highest BCUT2D eigenvalue weighted by Crippen LogP contribution is 2.19. The molecule has 1 amide bonds. The van der Waals surface area contributed by atoms with Gasteiger partial charge in [0, 0.05) is 6.54 Å². The van der Waals surface area contributed by atoms with Crippen molar-refractivity contribution in [2.45, 2.75) is 26.4 Å². The SMILES string of the molecule is CCn1c(NC(=O)[C@@H](C)N)nc2ccccc21. The lowest BCUT2D eigenvalue weighted by Crippen LogP contribution is -2.33. The lowest BCUT2D eigenvalue weighted by molar-refractivity contribution is -0.117. The summed E-state index contributed by atoms with van der Waals surface area (Å²) in [5, 5.41) is 2.74. The number of nitrogens with two attached hydrogens (primary N) is 1. The standard InChI is InChI=1S/C12H16N4O/c1-3-16-10-7-5-4-6-9(10)14-12(16)15-11(17)8(2)13/h4-8H,3,13H2,1-2H3,(H,14,15,17)/t8-/m1/s1. The molecule has 2 aromatic rings. The van der Waals surface area contributed by atoms with Crippen LogP contribution in [0.3, 0.4) is 0 Å². The van der Waals surface area contributed by atoms with Crippen LogP contribution >= 0.6 is 0 Å². The number of anilines is 1. The topological polar surface area (TPSA) is 72.9 Å². The Morgan fingerprint density at radius 2 is 2.24 bits per heavy atom. The minimum atomic E-state index is -0.542. The Hall–Kier alpha value is -1.88. The van der Waals surface area contributed by atoms with Gasteiger partial charge in [-0.25, -0.2) is 4.98 Å². The van der Waals surface area contributed by atoms with Gasteiger partial charge in [0.15, 0.2) is 0 Å². The van der Waals surface area contributed by atoms with E-state index in [2.05, 4.69) is 10.3 Å². The molecule has 1 atom stereocenters. The molecule has 17 heavy (non-hydrogen) atoms. The summed E-state index contributed by atoms with van der Waals surface area (Å²) in [7, 11) is 0. The van der Waals surface area contributed by atoms with E-state index in [1.807, 2.05) is 35.8 Å². The number of carbonyl (C=O) groups excluding carboxylic acids is 1. The highest BCUT2D eigenvalue weighted by Gasteiger charge is 2.13. The average Bonchev–Trinajstić information content (AvgIpc) is 2.65. The highest BCUT2D eigenvalue weighted by atomic mass is 16.2. The van der Waals surface area contributed by atoms with E-state index in [4.69, 9.17) is 5.73 Å². The fraction of sp³-hybridized carbons (Fsp3) is 0.333. The molecule has 0 fully saturated rings. The van der Waals surface area contributed by atoms with Crippen LogP contribution < -0.4 is 11.1 Å². The normalized spacial score (nSPS) is 12.6. The lowest BCUT2D eigenvalue weighted by Gasteiger charge is -2.09. The van der Waals surface area contributed by atoms with Crippen molar-refractivity contribution in [1.29, 1.82) is 0 Å². The number of hydrogen-bond acceptors (Lipinski definition) is 3. The molecule has 0 radical (unpaired) electrons. The molecular formula is C12H16N4O. The second-order valence-electron chi connectivity index (χ2n) is 3.95. The van der Waals surface area contributed by atoms with Gasteiger partial charge in [-0.3, -0.25) is 10.1 Å². The van der Waals surface area contributed by atoms with Crippen LogP contribution in [0, 0.1) is 0 Å². The predicted molar refractivity (Wildman–Crippen MR) is 67.7 cm³/mol. The van der Waals surface area contributed by atoms with E-state index in [9.17, 15) is 4.79 Å². The molecule has 5 heteroatoms. The van der Waals surface area contributed by atoms with E-state index in [0.717, 1.165) is 17.6 Å². The van der Waals surface area contributed by atoms with Gasteiger partial charge in [0.05, 0.1) is 17.1 Å². The van der Waals surface area contributed by atoms with Gasteiger partial charge in [-0.05, 0) is 26.0 Å². The number of aryl methyl sites for hydroxylation is 1. The number of carbonyl (C=O) groups is 1. The van der Waals surface area contributed by atoms with Crippen LogP contribution in [0.2, 0.25) is 0 Å².